The molecule has 0 aromatic rings. The second-order valence-corrected chi connectivity index (χ2v) is 8.22. The Morgan fingerprint density at radius 3 is 1.56 bits per heavy atom. The van der Waals surface area contributed by atoms with Gasteiger partial charge in [0.2, 0.25) is 0 Å². The van der Waals surface area contributed by atoms with Gasteiger partial charge in [0.15, 0.2) is 0 Å². The first-order chi connectivity index (χ1) is 12.1. The molecule has 0 aliphatic rings. The summed E-state index contributed by atoms with van der Waals surface area (Å²) in [5.41, 5.74) is 0. The molecule has 0 amide bonds. The van der Waals surface area contributed by atoms with Crippen LogP contribution in [0.4, 0.5) is 0 Å². The van der Waals surface area contributed by atoms with E-state index in [1.54, 1.807) is 7.11 Å². The first kappa shape index (κ1) is 24.9. The maximum atomic E-state index is 5.87. The molecule has 7 nitrogen and oxygen atoms in total. The van der Waals surface area contributed by atoms with Crippen LogP contribution in [-0.4, -0.2) is 82.0 Å². The normalized spacial score (nSPS) is 13.3. The van der Waals surface area contributed by atoms with Crippen molar-refractivity contribution in [3.63, 3.8) is 0 Å². The van der Waals surface area contributed by atoms with Gasteiger partial charge in [-0.2, -0.15) is 0 Å². The van der Waals surface area contributed by atoms with Crippen molar-refractivity contribution < 1.29 is 32.2 Å². The van der Waals surface area contributed by atoms with Gasteiger partial charge in [-0.1, -0.05) is 6.92 Å². The second-order valence-electron chi connectivity index (χ2n) is 5.58. The number of hydrogen-bond donors (Lipinski definition) is 0. The lowest BCUT2D eigenvalue weighted by molar-refractivity contribution is -0.00151. The molecule has 0 spiro atoms. The highest BCUT2D eigenvalue weighted by atomic mass is 28.4. The van der Waals surface area contributed by atoms with Gasteiger partial charge in [-0.05, 0) is 26.7 Å². The van der Waals surface area contributed by atoms with Crippen molar-refractivity contribution in [2.45, 2.75) is 33.7 Å². The maximum Gasteiger partial charge on any atom is 0.501 e. The molecule has 1 unspecified atom stereocenters. The molecule has 152 valence electrons. The molecule has 0 saturated carbocycles. The number of hydrogen-bond acceptors (Lipinski definition) is 7. The van der Waals surface area contributed by atoms with E-state index in [2.05, 4.69) is 6.92 Å². The zero-order chi connectivity index (χ0) is 18.8. The SMILES string of the molecule is CCO[Si](CC(C)COCCOCCOCCOC)(OCC)OCC. The zero-order valence-corrected chi connectivity index (χ0v) is 17.7. The molecule has 1 atom stereocenters. The smallest absolute Gasteiger partial charge is 0.382 e. The summed E-state index contributed by atoms with van der Waals surface area (Å²) in [4.78, 5) is 0. The molecule has 0 aliphatic heterocycles. The summed E-state index contributed by atoms with van der Waals surface area (Å²) in [6.45, 7) is 13.9. The first-order valence-corrected chi connectivity index (χ1v) is 11.2. The molecular weight excluding hydrogens is 344 g/mol. The van der Waals surface area contributed by atoms with Crippen LogP contribution in [0.3, 0.4) is 0 Å². The van der Waals surface area contributed by atoms with Gasteiger partial charge in [0, 0.05) is 39.6 Å². The topological polar surface area (TPSA) is 64.6 Å². The third-order valence-corrected chi connectivity index (χ3v) is 6.65. The van der Waals surface area contributed by atoms with Crippen LogP contribution in [-0.2, 0) is 32.2 Å². The lowest BCUT2D eigenvalue weighted by Crippen LogP contribution is -2.47. The van der Waals surface area contributed by atoms with Crippen molar-refractivity contribution in [2.75, 3.05) is 73.2 Å². The van der Waals surface area contributed by atoms with Gasteiger partial charge in [0.05, 0.1) is 39.6 Å². The number of methoxy groups -OCH3 is 1. The third-order valence-electron chi connectivity index (χ3n) is 3.27. The first-order valence-electron chi connectivity index (χ1n) is 9.28. The van der Waals surface area contributed by atoms with Gasteiger partial charge in [0.25, 0.3) is 0 Å². The van der Waals surface area contributed by atoms with Crippen molar-refractivity contribution in [2.24, 2.45) is 5.92 Å². The fourth-order valence-electron chi connectivity index (χ4n) is 2.31. The average Bonchev–Trinajstić information content (AvgIpc) is 2.57. The van der Waals surface area contributed by atoms with Crippen LogP contribution in [0.25, 0.3) is 0 Å². The fourth-order valence-corrected chi connectivity index (χ4v) is 5.21. The molecule has 8 heteroatoms. The quantitative estimate of drug-likeness (QED) is 0.251. The van der Waals surface area contributed by atoms with Crippen LogP contribution < -0.4 is 0 Å². The fraction of sp³-hybridized carbons (Fsp3) is 1.00. The van der Waals surface area contributed by atoms with Crippen LogP contribution in [0, 0.1) is 5.92 Å². The molecule has 0 bridgehead atoms. The number of rotatable bonds is 19. The summed E-state index contributed by atoms with van der Waals surface area (Å²) in [7, 11) is -0.939. The van der Waals surface area contributed by atoms with E-state index in [-0.39, 0.29) is 0 Å². The molecule has 0 fully saturated rings. The van der Waals surface area contributed by atoms with Crippen LogP contribution in [0.5, 0.6) is 0 Å². The van der Waals surface area contributed by atoms with Crippen LogP contribution in [0.1, 0.15) is 27.7 Å². The Hall–Kier alpha value is -0.0631. The van der Waals surface area contributed by atoms with Gasteiger partial charge in [-0.15, -0.1) is 0 Å². The highest BCUT2D eigenvalue weighted by molar-refractivity contribution is 6.60. The minimum absolute atomic E-state index is 0.300. The monoisotopic (exact) mass is 382 g/mol. The molecule has 0 heterocycles. The summed E-state index contributed by atoms with van der Waals surface area (Å²) in [5, 5.41) is 0. The van der Waals surface area contributed by atoms with Crippen molar-refractivity contribution in [1.82, 2.24) is 0 Å². The summed E-state index contributed by atoms with van der Waals surface area (Å²) < 4.78 is 39.0. The summed E-state index contributed by atoms with van der Waals surface area (Å²) >= 11 is 0. The Balaban J connectivity index is 3.83. The predicted octanol–water partition coefficient (Wildman–Crippen LogP) is 2.37. The number of ether oxygens (including phenoxy) is 4. The van der Waals surface area contributed by atoms with E-state index in [0.717, 1.165) is 6.04 Å². The van der Waals surface area contributed by atoms with Crippen LogP contribution in [0.2, 0.25) is 6.04 Å². The minimum atomic E-state index is -2.59. The highest BCUT2D eigenvalue weighted by Crippen LogP contribution is 2.21. The zero-order valence-electron chi connectivity index (χ0n) is 16.7. The second kappa shape index (κ2) is 17.4. The van der Waals surface area contributed by atoms with Gasteiger partial charge < -0.3 is 32.2 Å². The molecule has 0 aromatic heterocycles. The average molecular weight is 383 g/mol. The highest BCUT2D eigenvalue weighted by Gasteiger charge is 2.41. The predicted molar refractivity (Wildman–Crippen MR) is 98.9 cm³/mol. The Bertz CT molecular complexity index is 265. The standard InChI is InChI=1S/C17H38O7Si/c1-6-22-25(23-7-2,24-8-3)16-17(4)15-21-14-13-20-12-11-19-10-9-18-5/h17H,6-16H2,1-5H3. The third kappa shape index (κ3) is 13.8. The summed E-state index contributed by atoms with van der Waals surface area (Å²) in [6, 6.07) is 0.761. The Morgan fingerprint density at radius 1 is 0.680 bits per heavy atom. The molecule has 0 radical (unpaired) electrons. The van der Waals surface area contributed by atoms with E-state index >= 15 is 0 Å². The minimum Gasteiger partial charge on any atom is -0.382 e. The largest absolute Gasteiger partial charge is 0.501 e. The Kier molecular flexibility index (Phi) is 17.3. The van der Waals surface area contributed by atoms with E-state index in [1.807, 2.05) is 20.8 Å². The molecule has 0 aromatic carbocycles. The van der Waals surface area contributed by atoms with Crippen molar-refractivity contribution in [1.29, 1.82) is 0 Å². The molecular formula is C17H38O7Si. The lowest BCUT2D eigenvalue weighted by atomic mass is 10.2. The molecule has 0 rings (SSSR count). The molecule has 0 aliphatic carbocycles. The Labute approximate surface area is 154 Å². The van der Waals surface area contributed by atoms with E-state index < -0.39 is 8.80 Å². The molecule has 0 saturated heterocycles. The van der Waals surface area contributed by atoms with Gasteiger partial charge >= 0.3 is 8.80 Å². The van der Waals surface area contributed by atoms with Crippen molar-refractivity contribution >= 4 is 8.80 Å². The summed E-state index contributed by atoms with van der Waals surface area (Å²) in [5.74, 6) is 0.300. The Morgan fingerprint density at radius 2 is 1.12 bits per heavy atom. The van der Waals surface area contributed by atoms with Gasteiger partial charge in [-0.3, -0.25) is 0 Å². The molecule has 0 N–H and O–H groups in total. The maximum absolute atomic E-state index is 5.87. The van der Waals surface area contributed by atoms with E-state index in [1.165, 1.54) is 0 Å². The van der Waals surface area contributed by atoms with Gasteiger partial charge in [0.1, 0.15) is 0 Å². The van der Waals surface area contributed by atoms with E-state index in [0.29, 0.717) is 72.0 Å². The van der Waals surface area contributed by atoms with Crippen molar-refractivity contribution in [3.05, 3.63) is 0 Å². The lowest BCUT2D eigenvalue weighted by Gasteiger charge is -2.30. The van der Waals surface area contributed by atoms with E-state index in [4.69, 9.17) is 32.2 Å². The van der Waals surface area contributed by atoms with E-state index in [9.17, 15) is 0 Å². The van der Waals surface area contributed by atoms with Crippen LogP contribution in [0.15, 0.2) is 0 Å². The van der Waals surface area contributed by atoms with Crippen molar-refractivity contribution in [3.8, 4) is 0 Å². The van der Waals surface area contributed by atoms with Crippen LogP contribution >= 0.6 is 0 Å². The van der Waals surface area contributed by atoms with Gasteiger partial charge in [-0.25, -0.2) is 0 Å². The molecule has 25 heavy (non-hydrogen) atoms. The summed E-state index contributed by atoms with van der Waals surface area (Å²) in [6.07, 6.45) is 0.